The van der Waals surface area contributed by atoms with Crippen LogP contribution >= 0.6 is 0 Å². The van der Waals surface area contributed by atoms with Crippen LogP contribution in [0.5, 0.6) is 0 Å². The van der Waals surface area contributed by atoms with Crippen molar-refractivity contribution < 1.29 is 9.84 Å². The SMILES string of the molecule is CCNC(=NCC1(O)CCCC1)N1CCC2(CCOCC2)C1. The second-order valence-corrected chi connectivity index (χ2v) is 7.39. The lowest BCUT2D eigenvalue weighted by atomic mass is 9.80. The van der Waals surface area contributed by atoms with Gasteiger partial charge in [0.05, 0.1) is 12.1 Å². The van der Waals surface area contributed by atoms with Gasteiger partial charge < -0.3 is 20.1 Å². The maximum atomic E-state index is 10.5. The van der Waals surface area contributed by atoms with Crippen molar-refractivity contribution in [3.05, 3.63) is 0 Å². The van der Waals surface area contributed by atoms with Crippen LogP contribution in [0.25, 0.3) is 0 Å². The number of nitrogens with zero attached hydrogens (tertiary/aromatic N) is 2. The van der Waals surface area contributed by atoms with Crippen molar-refractivity contribution in [1.29, 1.82) is 0 Å². The Morgan fingerprint density at radius 3 is 2.59 bits per heavy atom. The minimum absolute atomic E-state index is 0.429. The van der Waals surface area contributed by atoms with Gasteiger partial charge in [-0.1, -0.05) is 12.8 Å². The van der Waals surface area contributed by atoms with Crippen molar-refractivity contribution in [1.82, 2.24) is 10.2 Å². The smallest absolute Gasteiger partial charge is 0.194 e. The van der Waals surface area contributed by atoms with E-state index in [1.807, 2.05) is 0 Å². The highest BCUT2D eigenvalue weighted by molar-refractivity contribution is 5.80. The number of hydrogen-bond acceptors (Lipinski definition) is 3. The normalized spacial score (nSPS) is 27.5. The van der Waals surface area contributed by atoms with E-state index in [9.17, 15) is 5.11 Å². The van der Waals surface area contributed by atoms with Gasteiger partial charge in [0.1, 0.15) is 0 Å². The number of aliphatic imine (C=N–C) groups is 1. The second-order valence-electron chi connectivity index (χ2n) is 7.39. The molecule has 0 radical (unpaired) electrons. The van der Waals surface area contributed by atoms with Gasteiger partial charge in [-0.2, -0.15) is 0 Å². The highest BCUT2D eigenvalue weighted by Gasteiger charge is 2.40. The topological polar surface area (TPSA) is 57.1 Å². The molecule has 1 spiro atoms. The maximum absolute atomic E-state index is 10.5. The Balaban J connectivity index is 1.63. The van der Waals surface area contributed by atoms with Crippen LogP contribution in [0.1, 0.15) is 51.9 Å². The third-order valence-corrected chi connectivity index (χ3v) is 5.68. The first-order chi connectivity index (χ1) is 10.6. The molecule has 22 heavy (non-hydrogen) atoms. The van der Waals surface area contributed by atoms with Crippen LogP contribution in [0.3, 0.4) is 0 Å². The number of aliphatic hydroxyl groups is 1. The summed E-state index contributed by atoms with van der Waals surface area (Å²) in [6.07, 6.45) is 7.66. The minimum atomic E-state index is -0.559. The summed E-state index contributed by atoms with van der Waals surface area (Å²) in [6, 6.07) is 0. The van der Waals surface area contributed by atoms with Gasteiger partial charge in [-0.3, -0.25) is 4.99 Å². The zero-order valence-corrected chi connectivity index (χ0v) is 13.9. The fraction of sp³-hybridized carbons (Fsp3) is 0.941. The van der Waals surface area contributed by atoms with Crippen molar-refractivity contribution in [2.24, 2.45) is 10.4 Å². The van der Waals surface area contributed by atoms with E-state index in [4.69, 9.17) is 9.73 Å². The van der Waals surface area contributed by atoms with E-state index >= 15 is 0 Å². The Morgan fingerprint density at radius 2 is 1.91 bits per heavy atom. The lowest BCUT2D eigenvalue weighted by molar-refractivity contribution is 0.0217. The zero-order chi connectivity index (χ0) is 15.5. The lowest BCUT2D eigenvalue weighted by Gasteiger charge is -2.33. The van der Waals surface area contributed by atoms with Crippen molar-refractivity contribution >= 4 is 5.96 Å². The molecule has 0 aromatic heterocycles. The molecule has 1 aliphatic carbocycles. The van der Waals surface area contributed by atoms with Crippen LogP contribution in [-0.4, -0.2) is 61.0 Å². The standard InChI is InChI=1S/C17H31N3O2/c1-2-18-15(19-13-17(21)5-3-4-6-17)20-10-7-16(14-20)8-11-22-12-9-16/h21H,2-14H2,1H3,(H,18,19). The molecular formula is C17H31N3O2. The minimum Gasteiger partial charge on any atom is -0.388 e. The van der Waals surface area contributed by atoms with Crippen molar-refractivity contribution in [3.63, 3.8) is 0 Å². The average Bonchev–Trinajstić information content (AvgIpc) is 3.12. The number of likely N-dealkylation sites (tertiary alicyclic amines) is 1. The van der Waals surface area contributed by atoms with Gasteiger partial charge in [0.15, 0.2) is 5.96 Å². The highest BCUT2D eigenvalue weighted by atomic mass is 16.5. The fourth-order valence-electron chi connectivity index (χ4n) is 4.17. The van der Waals surface area contributed by atoms with Crippen LogP contribution in [-0.2, 0) is 4.74 Å². The first kappa shape index (κ1) is 16.1. The quantitative estimate of drug-likeness (QED) is 0.616. The Kier molecular flexibility index (Phi) is 4.93. The zero-order valence-electron chi connectivity index (χ0n) is 13.9. The molecule has 5 nitrogen and oxygen atoms in total. The lowest BCUT2D eigenvalue weighted by Crippen LogP contribution is -2.43. The van der Waals surface area contributed by atoms with Crippen LogP contribution in [0, 0.1) is 5.41 Å². The molecule has 0 aromatic carbocycles. The summed E-state index contributed by atoms with van der Waals surface area (Å²) in [5.41, 5.74) is -0.130. The molecule has 3 aliphatic rings. The molecule has 126 valence electrons. The van der Waals surface area contributed by atoms with E-state index in [2.05, 4.69) is 17.1 Å². The highest BCUT2D eigenvalue weighted by Crippen LogP contribution is 2.39. The van der Waals surface area contributed by atoms with Gasteiger partial charge >= 0.3 is 0 Å². The van der Waals surface area contributed by atoms with Gasteiger partial charge in [-0.15, -0.1) is 0 Å². The summed E-state index contributed by atoms with van der Waals surface area (Å²) in [4.78, 5) is 7.17. The van der Waals surface area contributed by atoms with Gasteiger partial charge in [-0.25, -0.2) is 0 Å². The molecule has 0 aromatic rings. The summed E-state index contributed by atoms with van der Waals surface area (Å²) in [5.74, 6) is 0.992. The van der Waals surface area contributed by atoms with E-state index < -0.39 is 5.60 Å². The molecule has 0 amide bonds. The summed E-state index contributed by atoms with van der Waals surface area (Å²) < 4.78 is 5.53. The van der Waals surface area contributed by atoms with Crippen LogP contribution in [0.4, 0.5) is 0 Å². The van der Waals surface area contributed by atoms with E-state index in [0.717, 1.165) is 64.5 Å². The van der Waals surface area contributed by atoms with Crippen LogP contribution < -0.4 is 5.32 Å². The number of ether oxygens (including phenoxy) is 1. The molecule has 1 saturated carbocycles. The van der Waals surface area contributed by atoms with Crippen molar-refractivity contribution in [2.45, 2.75) is 57.5 Å². The maximum Gasteiger partial charge on any atom is 0.194 e. The third kappa shape index (κ3) is 3.57. The van der Waals surface area contributed by atoms with Crippen molar-refractivity contribution in [3.8, 4) is 0 Å². The summed E-state index contributed by atoms with van der Waals surface area (Å²) >= 11 is 0. The van der Waals surface area contributed by atoms with E-state index in [0.29, 0.717) is 12.0 Å². The van der Waals surface area contributed by atoms with Crippen LogP contribution in [0.15, 0.2) is 4.99 Å². The van der Waals surface area contributed by atoms with Crippen LogP contribution in [0.2, 0.25) is 0 Å². The number of hydrogen-bond donors (Lipinski definition) is 2. The number of guanidine groups is 1. The average molecular weight is 309 g/mol. The third-order valence-electron chi connectivity index (χ3n) is 5.68. The van der Waals surface area contributed by atoms with Crippen molar-refractivity contribution in [2.75, 3.05) is 39.4 Å². The number of nitrogens with one attached hydrogen (secondary N) is 1. The molecule has 5 heteroatoms. The molecule has 3 fully saturated rings. The Hall–Kier alpha value is -0.810. The predicted octanol–water partition coefficient (Wildman–Crippen LogP) is 1.76. The largest absolute Gasteiger partial charge is 0.388 e. The predicted molar refractivity (Wildman–Crippen MR) is 88.1 cm³/mol. The molecule has 0 bridgehead atoms. The van der Waals surface area contributed by atoms with Gasteiger partial charge in [0, 0.05) is 32.8 Å². The molecule has 2 aliphatic heterocycles. The first-order valence-corrected chi connectivity index (χ1v) is 8.98. The fourth-order valence-corrected chi connectivity index (χ4v) is 4.17. The molecule has 2 N–H and O–H groups in total. The second kappa shape index (κ2) is 6.75. The summed E-state index contributed by atoms with van der Waals surface area (Å²) in [5, 5.41) is 13.9. The van der Waals surface area contributed by atoms with E-state index in [1.165, 1.54) is 19.3 Å². The molecule has 0 atom stereocenters. The number of rotatable bonds is 3. The van der Waals surface area contributed by atoms with E-state index in [-0.39, 0.29) is 0 Å². The Labute approximate surface area is 134 Å². The van der Waals surface area contributed by atoms with E-state index in [1.54, 1.807) is 0 Å². The van der Waals surface area contributed by atoms with Gasteiger partial charge in [-0.05, 0) is 44.4 Å². The van der Waals surface area contributed by atoms with Gasteiger partial charge in [0.25, 0.3) is 0 Å². The molecule has 2 heterocycles. The summed E-state index contributed by atoms with van der Waals surface area (Å²) in [7, 11) is 0. The first-order valence-electron chi connectivity index (χ1n) is 8.98. The molecule has 3 rings (SSSR count). The summed E-state index contributed by atoms with van der Waals surface area (Å²) in [6.45, 7) is 7.50. The Morgan fingerprint density at radius 1 is 1.18 bits per heavy atom. The monoisotopic (exact) mass is 309 g/mol. The molecule has 0 unspecified atom stereocenters. The molecule has 2 saturated heterocycles. The Bertz CT molecular complexity index is 399. The molecular weight excluding hydrogens is 278 g/mol. The van der Waals surface area contributed by atoms with Gasteiger partial charge in [0.2, 0.25) is 0 Å².